The van der Waals surface area contributed by atoms with Gasteiger partial charge in [0.15, 0.2) is 0 Å². The Bertz CT molecular complexity index is 410. The molecule has 0 spiro atoms. The van der Waals surface area contributed by atoms with Crippen molar-refractivity contribution in [2.75, 3.05) is 0 Å². The molecule has 0 heterocycles. The first-order chi connectivity index (χ1) is 6.70. The van der Waals surface area contributed by atoms with Gasteiger partial charge in [-0.1, -0.05) is 12.1 Å². The molecule has 14 heavy (non-hydrogen) atoms. The number of carbonyl (C=O) groups excluding carboxylic acids is 2. The van der Waals surface area contributed by atoms with Gasteiger partial charge in [0.25, 0.3) is 0 Å². The molecule has 1 aromatic rings. The third kappa shape index (κ3) is 1.83. The average molecular weight is 188 g/mol. The Hall–Kier alpha value is -2.02. The second kappa shape index (κ2) is 4.28. The fourth-order valence-corrected chi connectivity index (χ4v) is 1.15. The van der Waals surface area contributed by atoms with Crippen LogP contribution in [0.5, 0.6) is 0 Å². The summed E-state index contributed by atoms with van der Waals surface area (Å²) in [5, 5.41) is 0. The molecule has 0 atom stereocenters. The molecule has 1 aromatic carbocycles. The molecule has 0 aliphatic carbocycles. The first-order valence-electron chi connectivity index (χ1n) is 3.96. The van der Waals surface area contributed by atoms with Gasteiger partial charge in [-0.25, -0.2) is 9.59 Å². The van der Waals surface area contributed by atoms with E-state index >= 15 is 0 Å². The third-order valence-electron chi connectivity index (χ3n) is 1.87. The third-order valence-corrected chi connectivity index (χ3v) is 1.87. The molecule has 0 saturated heterocycles. The summed E-state index contributed by atoms with van der Waals surface area (Å²) >= 11 is 0. The Kier molecular flexibility index (Phi) is 3.08. The number of aryl methyl sites for hydroxylation is 2. The van der Waals surface area contributed by atoms with Crippen LogP contribution in [0.2, 0.25) is 0 Å². The Morgan fingerprint density at radius 1 is 0.929 bits per heavy atom. The number of isocyanates is 2. The van der Waals surface area contributed by atoms with Gasteiger partial charge < -0.3 is 0 Å². The Labute approximate surface area is 81.0 Å². The van der Waals surface area contributed by atoms with Crippen molar-refractivity contribution < 1.29 is 9.59 Å². The van der Waals surface area contributed by atoms with Crippen molar-refractivity contribution in [2.45, 2.75) is 13.8 Å². The van der Waals surface area contributed by atoms with E-state index in [-0.39, 0.29) is 0 Å². The predicted molar refractivity (Wildman–Crippen MR) is 51.5 cm³/mol. The van der Waals surface area contributed by atoms with Crippen LogP contribution in [0.1, 0.15) is 11.1 Å². The number of hydrogen-bond donors (Lipinski definition) is 0. The van der Waals surface area contributed by atoms with Gasteiger partial charge >= 0.3 is 0 Å². The van der Waals surface area contributed by atoms with Gasteiger partial charge in [0, 0.05) is 0 Å². The Morgan fingerprint density at radius 2 is 1.29 bits per heavy atom. The van der Waals surface area contributed by atoms with E-state index in [1.54, 1.807) is 26.0 Å². The summed E-state index contributed by atoms with van der Waals surface area (Å²) in [5.74, 6) is 0. The number of hydrogen-bond acceptors (Lipinski definition) is 4. The molecule has 4 nitrogen and oxygen atoms in total. The monoisotopic (exact) mass is 188 g/mol. The highest BCUT2D eigenvalue weighted by molar-refractivity contribution is 5.74. The summed E-state index contributed by atoms with van der Waals surface area (Å²) < 4.78 is 0. The first kappa shape index (κ1) is 10.1. The Balaban J connectivity index is 3.56. The molecule has 1 rings (SSSR count). The lowest BCUT2D eigenvalue weighted by Gasteiger charge is -2.03. The van der Waals surface area contributed by atoms with Gasteiger partial charge in [-0.3, -0.25) is 0 Å². The SMILES string of the molecule is Cc1ccc(C)c(N=C=O)c1N=C=O. The van der Waals surface area contributed by atoms with Gasteiger partial charge in [0.05, 0.1) is 0 Å². The van der Waals surface area contributed by atoms with E-state index in [0.717, 1.165) is 11.1 Å². The maximum atomic E-state index is 10.2. The quantitative estimate of drug-likeness (QED) is 0.527. The van der Waals surface area contributed by atoms with Gasteiger partial charge in [-0.2, -0.15) is 9.98 Å². The van der Waals surface area contributed by atoms with Crippen LogP contribution >= 0.6 is 0 Å². The van der Waals surface area contributed by atoms with E-state index < -0.39 is 0 Å². The maximum absolute atomic E-state index is 10.2. The second-order valence-corrected chi connectivity index (χ2v) is 2.80. The van der Waals surface area contributed by atoms with Gasteiger partial charge in [-0.15, -0.1) is 0 Å². The molecular formula is C10H8N2O2. The van der Waals surface area contributed by atoms with Crippen molar-refractivity contribution >= 4 is 23.5 Å². The molecule has 0 radical (unpaired) electrons. The average Bonchev–Trinajstić information content (AvgIpc) is 2.17. The molecule has 0 bridgehead atoms. The van der Waals surface area contributed by atoms with E-state index in [2.05, 4.69) is 9.98 Å². The largest absolute Gasteiger partial charge is 0.240 e. The van der Waals surface area contributed by atoms with Crippen LogP contribution in [0.15, 0.2) is 22.1 Å². The molecule has 0 saturated carbocycles. The van der Waals surface area contributed by atoms with Crippen LogP contribution in [0.25, 0.3) is 0 Å². The fourth-order valence-electron chi connectivity index (χ4n) is 1.15. The zero-order valence-electron chi connectivity index (χ0n) is 7.87. The number of rotatable bonds is 2. The van der Waals surface area contributed by atoms with Crippen molar-refractivity contribution in [1.29, 1.82) is 0 Å². The lowest BCUT2D eigenvalue weighted by Crippen LogP contribution is -1.80. The van der Waals surface area contributed by atoms with Crippen LogP contribution in [0.3, 0.4) is 0 Å². The van der Waals surface area contributed by atoms with Gasteiger partial charge in [0.2, 0.25) is 12.2 Å². The van der Waals surface area contributed by atoms with E-state index in [1.165, 1.54) is 12.2 Å². The molecule has 0 amide bonds. The van der Waals surface area contributed by atoms with Crippen LogP contribution in [0.4, 0.5) is 11.4 Å². The number of nitrogens with zero attached hydrogens (tertiary/aromatic N) is 2. The highest BCUT2D eigenvalue weighted by Crippen LogP contribution is 2.33. The Morgan fingerprint density at radius 3 is 1.57 bits per heavy atom. The first-order valence-corrected chi connectivity index (χ1v) is 3.96. The predicted octanol–water partition coefficient (Wildman–Crippen LogP) is 2.24. The highest BCUT2D eigenvalue weighted by Gasteiger charge is 2.06. The summed E-state index contributed by atoms with van der Waals surface area (Å²) in [6.45, 7) is 3.55. The van der Waals surface area contributed by atoms with Crippen LogP contribution in [0, 0.1) is 13.8 Å². The van der Waals surface area contributed by atoms with E-state index in [1.807, 2.05) is 0 Å². The standard InChI is InChI=1S/C10H8N2O2/c1-7-3-4-8(2)10(12-6-14)9(7)11-5-13/h3-4H,1-2H3. The van der Waals surface area contributed by atoms with Crippen LogP contribution < -0.4 is 0 Å². The summed E-state index contributed by atoms with van der Waals surface area (Å²) in [6, 6.07) is 3.60. The lowest BCUT2D eigenvalue weighted by atomic mass is 10.1. The van der Waals surface area contributed by atoms with Crippen molar-refractivity contribution in [1.82, 2.24) is 0 Å². The number of aliphatic imine (C=N–C) groups is 2. The maximum Gasteiger partial charge on any atom is 0.240 e. The molecule has 0 aromatic heterocycles. The van der Waals surface area contributed by atoms with Crippen molar-refractivity contribution in [2.24, 2.45) is 9.98 Å². The van der Waals surface area contributed by atoms with Crippen LogP contribution in [-0.2, 0) is 9.59 Å². The smallest absolute Gasteiger partial charge is 0.211 e. The number of benzene rings is 1. The molecule has 0 aliphatic rings. The second-order valence-electron chi connectivity index (χ2n) is 2.80. The van der Waals surface area contributed by atoms with Gasteiger partial charge in [0.1, 0.15) is 11.4 Å². The molecule has 0 N–H and O–H groups in total. The van der Waals surface area contributed by atoms with Crippen molar-refractivity contribution in [3.8, 4) is 0 Å². The minimum absolute atomic E-state index is 0.378. The van der Waals surface area contributed by atoms with E-state index in [9.17, 15) is 9.59 Å². The zero-order chi connectivity index (χ0) is 10.6. The molecule has 4 heteroatoms. The molecule has 0 fully saturated rings. The minimum Gasteiger partial charge on any atom is -0.211 e. The van der Waals surface area contributed by atoms with Gasteiger partial charge in [-0.05, 0) is 25.0 Å². The molecule has 0 unspecified atom stereocenters. The fraction of sp³-hybridized carbons (Fsp3) is 0.200. The highest BCUT2D eigenvalue weighted by atomic mass is 16.1. The molecule has 70 valence electrons. The molecular weight excluding hydrogens is 180 g/mol. The van der Waals surface area contributed by atoms with Crippen molar-refractivity contribution in [3.05, 3.63) is 23.3 Å². The summed E-state index contributed by atoms with van der Waals surface area (Å²) in [6.07, 6.45) is 2.87. The van der Waals surface area contributed by atoms with E-state index in [4.69, 9.17) is 0 Å². The van der Waals surface area contributed by atoms with Crippen LogP contribution in [-0.4, -0.2) is 12.2 Å². The lowest BCUT2D eigenvalue weighted by molar-refractivity contribution is 0.564. The summed E-state index contributed by atoms with van der Waals surface area (Å²) in [4.78, 5) is 27.3. The summed E-state index contributed by atoms with van der Waals surface area (Å²) in [7, 11) is 0. The van der Waals surface area contributed by atoms with E-state index in [0.29, 0.717) is 11.4 Å². The van der Waals surface area contributed by atoms with Crippen molar-refractivity contribution in [3.63, 3.8) is 0 Å². The topological polar surface area (TPSA) is 58.9 Å². The minimum atomic E-state index is 0.378. The zero-order valence-corrected chi connectivity index (χ0v) is 7.87. The normalized spacial score (nSPS) is 8.71. The molecule has 0 aliphatic heterocycles. The summed E-state index contributed by atoms with van der Waals surface area (Å²) in [5.41, 5.74) is 2.30.